The maximum absolute atomic E-state index is 12.8. The Labute approximate surface area is 191 Å². The largest absolute Gasteiger partial charge is 0.371 e. The highest BCUT2D eigenvalue weighted by molar-refractivity contribution is 7.89. The molecule has 0 bridgehead atoms. The highest BCUT2D eigenvalue weighted by atomic mass is 32.2. The Bertz CT molecular complexity index is 1330. The minimum Gasteiger partial charge on any atom is -0.371 e. The summed E-state index contributed by atoms with van der Waals surface area (Å²) in [6.07, 6.45) is 1.63. The molecule has 1 heterocycles. The zero-order chi connectivity index (χ0) is 24.3. The van der Waals surface area contributed by atoms with Crippen molar-refractivity contribution < 1.29 is 18.1 Å². The van der Waals surface area contributed by atoms with Crippen LogP contribution in [0.3, 0.4) is 0 Å². The van der Waals surface area contributed by atoms with Crippen LogP contribution in [0.4, 0.5) is 17.1 Å². The number of nitro groups is 1. The second-order valence-corrected chi connectivity index (χ2v) is 9.08. The van der Waals surface area contributed by atoms with E-state index in [4.69, 9.17) is 5.14 Å². The van der Waals surface area contributed by atoms with Crippen LogP contribution >= 0.6 is 0 Å². The number of anilines is 2. The van der Waals surface area contributed by atoms with Crippen molar-refractivity contribution in [3.8, 4) is 0 Å². The standard InChI is InChI=1S/C22H23N5O5S/c1-13-10-17(33(23,31)32)12-20(14(13)2)26-22(28)16-7-8-19(21(11-16)27(29)30)25-15(3)18-6-4-5-9-24-18/h4-12,15,25H,1-3H3,(H,26,28)(H2,23,31,32). The number of hydrogen-bond donors (Lipinski definition) is 3. The molecule has 0 radical (unpaired) electrons. The van der Waals surface area contributed by atoms with Crippen molar-refractivity contribution in [2.75, 3.05) is 10.6 Å². The molecule has 1 atom stereocenters. The van der Waals surface area contributed by atoms with Crippen LogP contribution in [-0.4, -0.2) is 24.2 Å². The van der Waals surface area contributed by atoms with Gasteiger partial charge >= 0.3 is 0 Å². The zero-order valence-corrected chi connectivity index (χ0v) is 19.0. The molecule has 1 unspecified atom stereocenters. The van der Waals surface area contributed by atoms with Crippen molar-refractivity contribution in [1.82, 2.24) is 4.98 Å². The first-order valence-corrected chi connectivity index (χ1v) is 11.4. The molecule has 4 N–H and O–H groups in total. The topological polar surface area (TPSA) is 157 Å². The van der Waals surface area contributed by atoms with E-state index in [1.807, 2.05) is 13.0 Å². The maximum Gasteiger partial charge on any atom is 0.293 e. The van der Waals surface area contributed by atoms with Crippen LogP contribution in [-0.2, 0) is 10.0 Å². The molecule has 33 heavy (non-hydrogen) atoms. The van der Waals surface area contributed by atoms with Crippen LogP contribution in [0.25, 0.3) is 0 Å². The molecule has 3 aromatic rings. The Morgan fingerprint density at radius 1 is 1.12 bits per heavy atom. The van der Waals surface area contributed by atoms with Crippen molar-refractivity contribution in [2.45, 2.75) is 31.7 Å². The second kappa shape index (κ2) is 9.35. The number of aromatic nitrogens is 1. The lowest BCUT2D eigenvalue weighted by molar-refractivity contribution is -0.384. The third kappa shape index (κ3) is 5.51. The van der Waals surface area contributed by atoms with E-state index < -0.39 is 20.9 Å². The van der Waals surface area contributed by atoms with Crippen molar-refractivity contribution in [3.05, 3.63) is 87.2 Å². The zero-order valence-electron chi connectivity index (χ0n) is 18.2. The molecule has 10 nitrogen and oxygen atoms in total. The average molecular weight is 470 g/mol. The molecule has 0 saturated carbocycles. The average Bonchev–Trinajstić information content (AvgIpc) is 2.76. The Morgan fingerprint density at radius 3 is 2.45 bits per heavy atom. The molecule has 0 fully saturated rings. The number of hydrogen-bond acceptors (Lipinski definition) is 7. The highest BCUT2D eigenvalue weighted by Gasteiger charge is 2.21. The van der Waals surface area contributed by atoms with Crippen molar-refractivity contribution in [3.63, 3.8) is 0 Å². The van der Waals surface area contributed by atoms with E-state index in [1.165, 1.54) is 24.3 Å². The second-order valence-electron chi connectivity index (χ2n) is 7.52. The van der Waals surface area contributed by atoms with Crippen molar-refractivity contribution in [1.29, 1.82) is 0 Å². The number of pyridine rings is 1. The molecule has 3 rings (SSSR count). The molecular weight excluding hydrogens is 446 g/mol. The van der Waals surface area contributed by atoms with Gasteiger partial charge in [-0.1, -0.05) is 6.07 Å². The quantitative estimate of drug-likeness (QED) is 0.352. The SMILES string of the molecule is Cc1cc(S(N)(=O)=O)cc(NC(=O)c2ccc(NC(C)c3ccccn3)c([N+](=O)[O-])c2)c1C. The van der Waals surface area contributed by atoms with Gasteiger partial charge in [-0.2, -0.15) is 0 Å². The minimum atomic E-state index is -3.98. The minimum absolute atomic E-state index is 0.0378. The number of nitrogens with two attached hydrogens (primary N) is 1. The Balaban J connectivity index is 1.90. The molecule has 0 saturated heterocycles. The fourth-order valence-corrected chi connectivity index (χ4v) is 3.82. The van der Waals surface area contributed by atoms with Crippen LogP contribution in [0.5, 0.6) is 0 Å². The van der Waals surface area contributed by atoms with Crippen LogP contribution in [0.2, 0.25) is 0 Å². The van der Waals surface area contributed by atoms with Gasteiger partial charge in [0.1, 0.15) is 5.69 Å². The molecule has 0 aliphatic carbocycles. The van der Waals surface area contributed by atoms with Gasteiger partial charge in [-0.15, -0.1) is 0 Å². The molecule has 172 valence electrons. The number of nitrogens with one attached hydrogen (secondary N) is 2. The summed E-state index contributed by atoms with van der Waals surface area (Å²) in [5.41, 5.74) is 2.20. The summed E-state index contributed by atoms with van der Waals surface area (Å²) in [4.78, 5) is 28.0. The van der Waals surface area contributed by atoms with Crippen molar-refractivity contribution >= 4 is 33.0 Å². The monoisotopic (exact) mass is 469 g/mol. The van der Waals surface area contributed by atoms with Gasteiger partial charge in [-0.05, 0) is 68.3 Å². The van der Waals surface area contributed by atoms with Gasteiger partial charge < -0.3 is 10.6 Å². The highest BCUT2D eigenvalue weighted by Crippen LogP contribution is 2.30. The summed E-state index contributed by atoms with van der Waals surface area (Å²) in [7, 11) is -3.98. The molecule has 0 aliphatic rings. The Hall–Kier alpha value is -3.83. The fraction of sp³-hybridized carbons (Fsp3) is 0.182. The number of rotatable bonds is 7. The lowest BCUT2D eigenvalue weighted by Crippen LogP contribution is -2.17. The number of amides is 1. The summed E-state index contributed by atoms with van der Waals surface area (Å²) < 4.78 is 23.5. The Kier molecular flexibility index (Phi) is 6.75. The van der Waals surface area contributed by atoms with Gasteiger partial charge in [0.05, 0.1) is 21.6 Å². The van der Waals surface area contributed by atoms with Gasteiger partial charge in [0, 0.05) is 23.5 Å². The van der Waals surface area contributed by atoms with E-state index in [-0.39, 0.29) is 33.6 Å². The van der Waals surface area contributed by atoms with Crippen LogP contribution in [0.15, 0.2) is 59.6 Å². The summed E-state index contributed by atoms with van der Waals surface area (Å²) in [6, 6.07) is 11.8. The van der Waals surface area contributed by atoms with E-state index in [1.54, 1.807) is 32.2 Å². The summed E-state index contributed by atoms with van der Waals surface area (Å²) in [5, 5.41) is 22.5. The Morgan fingerprint density at radius 2 is 1.85 bits per heavy atom. The van der Waals surface area contributed by atoms with Crippen LogP contribution < -0.4 is 15.8 Å². The maximum atomic E-state index is 12.8. The first kappa shape index (κ1) is 23.8. The van der Waals surface area contributed by atoms with E-state index >= 15 is 0 Å². The summed E-state index contributed by atoms with van der Waals surface area (Å²) >= 11 is 0. The number of nitro benzene ring substituents is 1. The smallest absolute Gasteiger partial charge is 0.293 e. The van der Waals surface area contributed by atoms with E-state index in [2.05, 4.69) is 15.6 Å². The normalized spacial score (nSPS) is 12.1. The number of nitrogens with zero attached hydrogens (tertiary/aromatic N) is 2. The molecular formula is C22H23N5O5S. The molecule has 0 spiro atoms. The molecule has 0 aliphatic heterocycles. The first-order valence-electron chi connectivity index (χ1n) is 9.88. The molecule has 1 aromatic heterocycles. The van der Waals surface area contributed by atoms with Gasteiger partial charge in [-0.3, -0.25) is 19.9 Å². The third-order valence-electron chi connectivity index (χ3n) is 5.18. The lowest BCUT2D eigenvalue weighted by atomic mass is 10.1. The fourth-order valence-electron chi connectivity index (χ4n) is 3.20. The third-order valence-corrected chi connectivity index (χ3v) is 6.07. The number of sulfonamides is 1. The summed E-state index contributed by atoms with van der Waals surface area (Å²) in [5.74, 6) is -0.628. The van der Waals surface area contributed by atoms with Crippen molar-refractivity contribution in [2.24, 2.45) is 5.14 Å². The molecule has 11 heteroatoms. The molecule has 2 aromatic carbocycles. The van der Waals surface area contributed by atoms with Gasteiger partial charge in [-0.25, -0.2) is 13.6 Å². The van der Waals surface area contributed by atoms with Crippen LogP contribution in [0, 0.1) is 24.0 Å². The van der Waals surface area contributed by atoms with E-state index in [0.717, 1.165) is 6.07 Å². The van der Waals surface area contributed by atoms with E-state index in [9.17, 15) is 23.3 Å². The number of benzene rings is 2. The number of primary sulfonamides is 1. The number of aryl methyl sites for hydroxylation is 1. The predicted molar refractivity (Wildman–Crippen MR) is 125 cm³/mol. The van der Waals surface area contributed by atoms with E-state index in [0.29, 0.717) is 16.8 Å². The summed E-state index contributed by atoms with van der Waals surface area (Å²) in [6.45, 7) is 5.22. The first-order chi connectivity index (χ1) is 15.5. The van der Waals surface area contributed by atoms with Gasteiger partial charge in [0.25, 0.3) is 11.6 Å². The predicted octanol–water partition coefficient (Wildman–Crippen LogP) is 3.68. The van der Waals surface area contributed by atoms with Crippen LogP contribution in [0.1, 0.15) is 40.1 Å². The molecule has 1 amide bonds. The van der Waals surface area contributed by atoms with Gasteiger partial charge in [0.15, 0.2) is 0 Å². The van der Waals surface area contributed by atoms with Gasteiger partial charge in [0.2, 0.25) is 10.0 Å². The number of carbonyl (C=O) groups excluding carboxylic acids is 1. The lowest BCUT2D eigenvalue weighted by Gasteiger charge is -2.16. The number of carbonyl (C=O) groups is 1.